The van der Waals surface area contributed by atoms with Crippen molar-refractivity contribution in [2.24, 2.45) is 0 Å². The van der Waals surface area contributed by atoms with Gasteiger partial charge < -0.3 is 9.15 Å². The molecular formula is C23H13Br2ClN2O2. The van der Waals surface area contributed by atoms with Gasteiger partial charge in [0.15, 0.2) is 5.58 Å². The fourth-order valence-corrected chi connectivity index (χ4v) is 4.45. The normalized spacial score (nSPS) is 11.5. The molecule has 0 saturated heterocycles. The molecule has 0 N–H and O–H groups in total. The van der Waals surface area contributed by atoms with E-state index in [1.54, 1.807) is 6.08 Å². The molecule has 4 aromatic rings. The molecule has 0 unspecified atom stereocenters. The molecule has 0 fully saturated rings. The van der Waals surface area contributed by atoms with Crippen LogP contribution < -0.4 is 4.74 Å². The average Bonchev–Trinajstić information content (AvgIpc) is 3.16. The zero-order valence-electron chi connectivity index (χ0n) is 15.4. The molecule has 1 heterocycles. The highest BCUT2D eigenvalue weighted by Crippen LogP contribution is 2.36. The predicted octanol–water partition coefficient (Wildman–Crippen LogP) is 7.65. The lowest BCUT2D eigenvalue weighted by molar-refractivity contribution is 0.303. The molecule has 7 heteroatoms. The summed E-state index contributed by atoms with van der Waals surface area (Å²) < 4.78 is 13.4. The van der Waals surface area contributed by atoms with E-state index in [1.165, 1.54) is 0 Å². The van der Waals surface area contributed by atoms with Crippen LogP contribution in [0, 0.1) is 11.3 Å². The minimum Gasteiger partial charge on any atom is -0.487 e. The fourth-order valence-electron chi connectivity index (χ4n) is 2.89. The number of rotatable bonds is 5. The predicted molar refractivity (Wildman–Crippen MR) is 125 cm³/mol. The van der Waals surface area contributed by atoms with E-state index in [-0.39, 0.29) is 12.5 Å². The molecule has 0 aliphatic rings. The van der Waals surface area contributed by atoms with E-state index in [4.69, 9.17) is 20.8 Å². The van der Waals surface area contributed by atoms with Crippen molar-refractivity contribution in [1.82, 2.24) is 4.98 Å². The maximum Gasteiger partial charge on any atom is 0.238 e. The van der Waals surface area contributed by atoms with E-state index in [9.17, 15) is 5.26 Å². The minimum absolute atomic E-state index is 0.256. The number of benzene rings is 3. The first-order chi connectivity index (χ1) is 14.5. The van der Waals surface area contributed by atoms with Gasteiger partial charge in [-0.05, 0) is 52.3 Å². The summed E-state index contributed by atoms with van der Waals surface area (Å²) in [6, 6.07) is 20.8. The lowest BCUT2D eigenvalue weighted by Crippen LogP contribution is -1.99. The van der Waals surface area contributed by atoms with Crippen molar-refractivity contribution >= 4 is 66.2 Å². The topological polar surface area (TPSA) is 59.0 Å². The van der Waals surface area contributed by atoms with Gasteiger partial charge in [0.05, 0.1) is 4.47 Å². The molecule has 30 heavy (non-hydrogen) atoms. The summed E-state index contributed by atoms with van der Waals surface area (Å²) in [5, 5.41) is 10.4. The van der Waals surface area contributed by atoms with Gasteiger partial charge in [0, 0.05) is 20.6 Å². The van der Waals surface area contributed by atoms with Crippen molar-refractivity contribution in [3.63, 3.8) is 0 Å². The SMILES string of the molecule is N#C/C(=C\c1cc(Br)cc(Br)c1OCc1ccccc1Cl)c1nc2ccccc2o1. The van der Waals surface area contributed by atoms with Crippen molar-refractivity contribution in [3.05, 3.63) is 91.6 Å². The smallest absolute Gasteiger partial charge is 0.238 e. The molecule has 0 spiro atoms. The molecule has 148 valence electrons. The standard InChI is InChI=1S/C23H13Br2ClN2O2/c24-17-10-15(9-16(12-27)23-28-20-7-3-4-8-21(20)30-23)22(18(25)11-17)29-13-14-5-1-2-6-19(14)26/h1-11H,13H2/b16-9+. The van der Waals surface area contributed by atoms with Crippen LogP contribution in [0.3, 0.4) is 0 Å². The van der Waals surface area contributed by atoms with Gasteiger partial charge in [0.1, 0.15) is 29.5 Å². The molecular weight excluding hydrogens is 532 g/mol. The van der Waals surface area contributed by atoms with Crippen LogP contribution in [0.1, 0.15) is 17.0 Å². The summed E-state index contributed by atoms with van der Waals surface area (Å²) in [5.74, 6) is 0.842. The molecule has 0 saturated carbocycles. The quantitative estimate of drug-likeness (QED) is 0.242. The van der Waals surface area contributed by atoms with Crippen LogP contribution in [-0.2, 0) is 6.61 Å². The molecule has 0 atom stereocenters. The molecule has 0 bridgehead atoms. The van der Waals surface area contributed by atoms with Gasteiger partial charge in [0.2, 0.25) is 5.89 Å². The third kappa shape index (κ3) is 4.44. The fraction of sp³-hybridized carbons (Fsp3) is 0.0435. The number of oxazole rings is 1. The van der Waals surface area contributed by atoms with Crippen molar-refractivity contribution in [2.45, 2.75) is 6.61 Å². The Bertz CT molecular complexity index is 1280. The van der Waals surface area contributed by atoms with E-state index >= 15 is 0 Å². The number of ether oxygens (including phenoxy) is 1. The highest BCUT2D eigenvalue weighted by Gasteiger charge is 2.15. The number of aromatic nitrogens is 1. The first kappa shape index (κ1) is 20.7. The number of halogens is 3. The van der Waals surface area contributed by atoms with Gasteiger partial charge >= 0.3 is 0 Å². The van der Waals surface area contributed by atoms with Crippen LogP contribution in [0.15, 0.2) is 74.0 Å². The average molecular weight is 545 g/mol. The van der Waals surface area contributed by atoms with E-state index in [2.05, 4.69) is 42.9 Å². The van der Waals surface area contributed by atoms with Gasteiger partial charge in [-0.25, -0.2) is 4.98 Å². The Morgan fingerprint density at radius 1 is 1.13 bits per heavy atom. The zero-order valence-corrected chi connectivity index (χ0v) is 19.3. The van der Waals surface area contributed by atoms with Crippen LogP contribution in [0.4, 0.5) is 0 Å². The molecule has 0 aliphatic carbocycles. The maximum atomic E-state index is 9.74. The minimum atomic E-state index is 0.256. The third-order valence-electron chi connectivity index (χ3n) is 4.31. The van der Waals surface area contributed by atoms with Crippen molar-refractivity contribution in [2.75, 3.05) is 0 Å². The van der Waals surface area contributed by atoms with Crippen LogP contribution in [0.5, 0.6) is 5.75 Å². The Hall–Kier alpha value is -2.59. The summed E-state index contributed by atoms with van der Waals surface area (Å²) >= 11 is 13.3. The molecule has 0 amide bonds. The number of allylic oxidation sites excluding steroid dienone is 1. The first-order valence-corrected chi connectivity index (χ1v) is 10.8. The number of para-hydroxylation sites is 2. The second kappa shape index (κ2) is 9.05. The number of hydrogen-bond donors (Lipinski definition) is 0. The van der Waals surface area contributed by atoms with Gasteiger partial charge in [-0.2, -0.15) is 5.26 Å². The number of hydrogen-bond acceptors (Lipinski definition) is 4. The van der Waals surface area contributed by atoms with Gasteiger partial charge in [-0.3, -0.25) is 0 Å². The maximum absolute atomic E-state index is 9.74. The summed E-state index contributed by atoms with van der Waals surface area (Å²) in [5.41, 5.74) is 3.17. The Balaban J connectivity index is 1.73. The molecule has 3 aromatic carbocycles. The zero-order chi connectivity index (χ0) is 21.1. The van der Waals surface area contributed by atoms with Crippen LogP contribution in [-0.4, -0.2) is 4.98 Å². The lowest BCUT2D eigenvalue weighted by atomic mass is 10.1. The summed E-state index contributed by atoms with van der Waals surface area (Å²) in [6.45, 7) is 0.283. The second-order valence-corrected chi connectivity index (χ2v) is 8.52. The van der Waals surface area contributed by atoms with Crippen molar-refractivity contribution in [3.8, 4) is 11.8 Å². The van der Waals surface area contributed by atoms with E-state index < -0.39 is 0 Å². The Labute approximate surface area is 195 Å². The summed E-state index contributed by atoms with van der Waals surface area (Å²) in [7, 11) is 0. The Kier molecular flexibility index (Phi) is 6.24. The molecule has 0 aliphatic heterocycles. The molecule has 4 nitrogen and oxygen atoms in total. The first-order valence-electron chi connectivity index (χ1n) is 8.88. The van der Waals surface area contributed by atoms with E-state index in [1.807, 2.05) is 60.7 Å². The second-order valence-electron chi connectivity index (χ2n) is 6.34. The van der Waals surface area contributed by atoms with E-state index in [0.29, 0.717) is 33.0 Å². The van der Waals surface area contributed by atoms with E-state index in [0.717, 1.165) is 14.5 Å². The summed E-state index contributed by atoms with van der Waals surface area (Å²) in [6.07, 6.45) is 1.70. The Morgan fingerprint density at radius 3 is 2.67 bits per heavy atom. The van der Waals surface area contributed by atoms with Crippen LogP contribution in [0.25, 0.3) is 22.7 Å². The molecule has 4 rings (SSSR count). The number of nitriles is 1. The molecule has 0 radical (unpaired) electrons. The monoisotopic (exact) mass is 542 g/mol. The van der Waals surface area contributed by atoms with Crippen molar-refractivity contribution < 1.29 is 9.15 Å². The molecule has 1 aromatic heterocycles. The summed E-state index contributed by atoms with van der Waals surface area (Å²) in [4.78, 5) is 4.42. The van der Waals surface area contributed by atoms with Gasteiger partial charge in [0.25, 0.3) is 0 Å². The Morgan fingerprint density at radius 2 is 1.90 bits per heavy atom. The van der Waals surface area contributed by atoms with Crippen LogP contribution in [0.2, 0.25) is 5.02 Å². The number of nitrogens with zero attached hydrogens (tertiary/aromatic N) is 2. The largest absolute Gasteiger partial charge is 0.487 e. The van der Waals surface area contributed by atoms with Gasteiger partial charge in [-0.1, -0.05) is 57.9 Å². The third-order valence-corrected chi connectivity index (χ3v) is 5.73. The van der Waals surface area contributed by atoms with Crippen LogP contribution >= 0.6 is 43.5 Å². The van der Waals surface area contributed by atoms with Gasteiger partial charge in [-0.15, -0.1) is 0 Å². The highest BCUT2D eigenvalue weighted by molar-refractivity contribution is 9.11. The lowest BCUT2D eigenvalue weighted by Gasteiger charge is -2.13. The van der Waals surface area contributed by atoms with Crippen molar-refractivity contribution in [1.29, 1.82) is 5.26 Å². The number of fused-ring (bicyclic) bond motifs is 1. The highest BCUT2D eigenvalue weighted by atomic mass is 79.9.